The van der Waals surface area contributed by atoms with Gasteiger partial charge in [-0.05, 0) is 12.8 Å². The van der Waals surface area contributed by atoms with Gasteiger partial charge in [0.15, 0.2) is 5.82 Å². The number of nitrogens with two attached hydrogens (primary N) is 1. The number of benzene rings is 1. The van der Waals surface area contributed by atoms with Gasteiger partial charge in [-0.2, -0.15) is 0 Å². The first-order valence-corrected chi connectivity index (χ1v) is 6.19. The van der Waals surface area contributed by atoms with Crippen LogP contribution in [0, 0.1) is 0 Å². The van der Waals surface area contributed by atoms with Gasteiger partial charge in [0.05, 0.1) is 0 Å². The Morgan fingerprint density at radius 2 is 2.16 bits per heavy atom. The average molecular weight is 258 g/mol. The number of nitrogens with one attached hydrogen (secondary N) is 1. The molecule has 3 N–H and O–H groups in total. The fourth-order valence-corrected chi connectivity index (χ4v) is 2.20. The Bertz CT molecular complexity index is 641. The van der Waals surface area contributed by atoms with Crippen molar-refractivity contribution in [2.24, 2.45) is 10.2 Å². The van der Waals surface area contributed by atoms with Gasteiger partial charge in [0, 0.05) is 17.4 Å². The van der Waals surface area contributed by atoms with Gasteiger partial charge in [-0.1, -0.05) is 24.3 Å². The molecule has 0 radical (unpaired) electrons. The fourth-order valence-electron chi connectivity index (χ4n) is 2.20. The number of amides is 1. The lowest BCUT2D eigenvalue weighted by atomic mass is 10.2. The lowest BCUT2D eigenvalue weighted by Crippen LogP contribution is -2.16. The highest BCUT2D eigenvalue weighted by atomic mass is 16.5. The normalized spacial score (nSPS) is 19.5. The van der Waals surface area contributed by atoms with Crippen LogP contribution < -0.4 is 5.73 Å². The second kappa shape index (κ2) is 4.81. The molecule has 0 bridgehead atoms. The monoisotopic (exact) mass is 258 g/mol. The van der Waals surface area contributed by atoms with E-state index in [-0.39, 0.29) is 5.91 Å². The molecule has 0 aliphatic carbocycles. The van der Waals surface area contributed by atoms with Gasteiger partial charge in [-0.3, -0.25) is 4.79 Å². The first-order valence-electron chi connectivity index (χ1n) is 6.19. The summed E-state index contributed by atoms with van der Waals surface area (Å²) in [6.45, 7) is 0.615. The SMILES string of the molecule is Nc1[nH]c(N=NC(=O)C2CCCO2)c2ccccc12. The number of ether oxygens (including phenoxy) is 1. The largest absolute Gasteiger partial charge is 0.385 e. The second-order valence-electron chi connectivity index (χ2n) is 4.47. The predicted octanol–water partition coefficient (Wildman–Crippen LogP) is 2.54. The highest BCUT2D eigenvalue weighted by molar-refractivity contribution is 5.99. The molecular formula is C13H14N4O2. The van der Waals surface area contributed by atoms with Crippen molar-refractivity contribution in [2.75, 3.05) is 12.3 Å². The summed E-state index contributed by atoms with van der Waals surface area (Å²) in [4.78, 5) is 14.7. The molecule has 1 atom stereocenters. The smallest absolute Gasteiger partial charge is 0.293 e. The number of carbonyl (C=O) groups is 1. The highest BCUT2D eigenvalue weighted by Gasteiger charge is 2.23. The lowest BCUT2D eigenvalue weighted by Gasteiger charge is -2.01. The van der Waals surface area contributed by atoms with Crippen molar-refractivity contribution in [1.29, 1.82) is 0 Å². The highest BCUT2D eigenvalue weighted by Crippen LogP contribution is 2.30. The maximum Gasteiger partial charge on any atom is 0.293 e. The van der Waals surface area contributed by atoms with Crippen LogP contribution in [-0.4, -0.2) is 23.6 Å². The van der Waals surface area contributed by atoms with Crippen LogP contribution in [0.25, 0.3) is 10.8 Å². The van der Waals surface area contributed by atoms with E-state index in [1.165, 1.54) is 0 Å². The van der Waals surface area contributed by atoms with E-state index in [1.807, 2.05) is 24.3 Å². The molecule has 0 spiro atoms. The van der Waals surface area contributed by atoms with Crippen molar-refractivity contribution in [3.8, 4) is 0 Å². The third-order valence-electron chi connectivity index (χ3n) is 3.18. The molecule has 1 aliphatic rings. The molecule has 19 heavy (non-hydrogen) atoms. The van der Waals surface area contributed by atoms with E-state index in [4.69, 9.17) is 10.5 Å². The number of H-pyrrole nitrogens is 1. The molecule has 1 aromatic heterocycles. The molecule has 2 aromatic rings. The summed E-state index contributed by atoms with van der Waals surface area (Å²) in [6.07, 6.45) is 1.16. The Morgan fingerprint density at radius 1 is 1.37 bits per heavy atom. The van der Waals surface area contributed by atoms with Crippen LogP contribution in [0.1, 0.15) is 12.8 Å². The summed E-state index contributed by atoms with van der Waals surface area (Å²) in [5.41, 5.74) is 5.84. The molecule has 1 amide bonds. The number of hydrogen-bond donors (Lipinski definition) is 2. The van der Waals surface area contributed by atoms with Crippen LogP contribution in [0.5, 0.6) is 0 Å². The van der Waals surface area contributed by atoms with Crippen LogP contribution in [-0.2, 0) is 9.53 Å². The summed E-state index contributed by atoms with van der Waals surface area (Å²) in [7, 11) is 0. The number of aromatic amines is 1. The number of nitrogens with zero attached hydrogens (tertiary/aromatic N) is 2. The Kier molecular flexibility index (Phi) is 3.00. The third kappa shape index (κ3) is 2.22. The minimum Gasteiger partial charge on any atom is -0.385 e. The van der Waals surface area contributed by atoms with Gasteiger partial charge in [-0.25, -0.2) is 0 Å². The van der Waals surface area contributed by atoms with Gasteiger partial charge >= 0.3 is 0 Å². The minimum absolute atomic E-state index is 0.338. The molecular weight excluding hydrogens is 244 g/mol. The average Bonchev–Trinajstić information content (AvgIpc) is 3.06. The van der Waals surface area contributed by atoms with Crippen molar-refractivity contribution < 1.29 is 9.53 Å². The number of hydrogen-bond acceptors (Lipinski definition) is 4. The molecule has 6 nitrogen and oxygen atoms in total. The number of carbonyl (C=O) groups excluding carboxylic acids is 1. The zero-order valence-corrected chi connectivity index (χ0v) is 10.3. The van der Waals surface area contributed by atoms with Crippen LogP contribution in [0.3, 0.4) is 0 Å². The lowest BCUT2D eigenvalue weighted by molar-refractivity contribution is -0.126. The summed E-state index contributed by atoms with van der Waals surface area (Å²) in [5.74, 6) is 0.684. The van der Waals surface area contributed by atoms with Crippen molar-refractivity contribution in [3.63, 3.8) is 0 Å². The molecule has 2 heterocycles. The number of azo groups is 1. The zero-order valence-electron chi connectivity index (χ0n) is 10.3. The Morgan fingerprint density at radius 3 is 2.89 bits per heavy atom. The molecule has 1 unspecified atom stereocenters. The van der Waals surface area contributed by atoms with Crippen LogP contribution in [0.15, 0.2) is 34.5 Å². The van der Waals surface area contributed by atoms with Gasteiger partial charge in [0.2, 0.25) is 0 Å². The predicted molar refractivity (Wildman–Crippen MR) is 71.2 cm³/mol. The number of rotatable bonds is 2. The van der Waals surface area contributed by atoms with E-state index in [0.29, 0.717) is 24.7 Å². The topological polar surface area (TPSA) is 92.8 Å². The van der Waals surface area contributed by atoms with Gasteiger partial charge in [-0.15, -0.1) is 10.2 Å². The first kappa shape index (κ1) is 11.9. The van der Waals surface area contributed by atoms with Crippen LogP contribution in [0.2, 0.25) is 0 Å². The van der Waals surface area contributed by atoms with Gasteiger partial charge in [0.25, 0.3) is 5.91 Å². The molecule has 1 aliphatic heterocycles. The Balaban J connectivity index is 1.86. The van der Waals surface area contributed by atoms with Gasteiger partial charge in [0.1, 0.15) is 11.9 Å². The van der Waals surface area contributed by atoms with Crippen molar-refractivity contribution >= 4 is 28.3 Å². The fraction of sp³-hybridized carbons (Fsp3) is 0.308. The van der Waals surface area contributed by atoms with E-state index in [1.54, 1.807) is 0 Å². The molecule has 3 rings (SSSR count). The maximum atomic E-state index is 11.7. The minimum atomic E-state index is -0.442. The maximum absolute atomic E-state index is 11.7. The Labute approximate surface area is 109 Å². The van der Waals surface area contributed by atoms with Gasteiger partial charge < -0.3 is 15.5 Å². The quantitative estimate of drug-likeness (QED) is 0.810. The number of fused-ring (bicyclic) bond motifs is 1. The van der Waals surface area contributed by atoms with Crippen LogP contribution >= 0.6 is 0 Å². The van der Waals surface area contributed by atoms with E-state index in [0.717, 1.165) is 17.2 Å². The first-order chi connectivity index (χ1) is 9.25. The summed E-state index contributed by atoms with van der Waals surface area (Å²) < 4.78 is 5.26. The number of anilines is 1. The van der Waals surface area contributed by atoms with E-state index in [2.05, 4.69) is 15.2 Å². The molecule has 98 valence electrons. The van der Waals surface area contributed by atoms with E-state index in [9.17, 15) is 4.79 Å². The zero-order chi connectivity index (χ0) is 13.2. The molecule has 1 fully saturated rings. The second-order valence-corrected chi connectivity index (χ2v) is 4.47. The number of nitrogen functional groups attached to an aromatic ring is 1. The molecule has 6 heteroatoms. The molecule has 1 saturated heterocycles. The van der Waals surface area contributed by atoms with E-state index >= 15 is 0 Å². The van der Waals surface area contributed by atoms with Crippen LogP contribution in [0.4, 0.5) is 11.6 Å². The summed E-state index contributed by atoms with van der Waals surface area (Å²) in [5, 5.41) is 9.40. The van der Waals surface area contributed by atoms with Crippen molar-refractivity contribution in [2.45, 2.75) is 18.9 Å². The molecule has 1 aromatic carbocycles. The van der Waals surface area contributed by atoms with Crippen molar-refractivity contribution in [3.05, 3.63) is 24.3 Å². The van der Waals surface area contributed by atoms with Crippen molar-refractivity contribution in [1.82, 2.24) is 4.98 Å². The third-order valence-corrected chi connectivity index (χ3v) is 3.18. The Hall–Kier alpha value is -2.21. The van der Waals surface area contributed by atoms with E-state index < -0.39 is 6.10 Å². The molecule has 0 saturated carbocycles. The summed E-state index contributed by atoms with van der Waals surface area (Å²) >= 11 is 0. The standard InChI is InChI=1S/C13H14N4O2/c14-11-8-4-1-2-5-9(8)12(15-11)16-17-13(18)10-6-3-7-19-10/h1-2,4-5,10,15H,3,6-7,14H2. The number of aromatic nitrogens is 1. The summed E-state index contributed by atoms with van der Waals surface area (Å²) in [6, 6.07) is 7.55.